The Morgan fingerprint density at radius 3 is 1.44 bits per heavy atom. The maximum absolute atomic E-state index is 12.0. The molecule has 6 nitrogen and oxygen atoms in total. The average molecular weight is 409 g/mol. The fourth-order valence-electron chi connectivity index (χ4n) is 2.21. The molecule has 0 saturated carbocycles. The molecular formula is C19H14Cl2O6. The summed E-state index contributed by atoms with van der Waals surface area (Å²) in [7, 11) is 0. The summed E-state index contributed by atoms with van der Waals surface area (Å²) in [5, 5.41) is -1.59. The van der Waals surface area contributed by atoms with Crippen molar-refractivity contribution in [3.05, 3.63) is 58.7 Å². The molecule has 0 bridgehead atoms. The highest BCUT2D eigenvalue weighted by atomic mass is 35.5. The number of aryl methyl sites for hydroxylation is 2. The lowest BCUT2D eigenvalue weighted by atomic mass is 10.1. The minimum Gasteiger partial charge on any atom is -0.425 e. The number of carbonyl (C=O) groups excluding carboxylic acids is 4. The van der Waals surface area contributed by atoms with E-state index >= 15 is 0 Å². The first-order valence-corrected chi connectivity index (χ1v) is 8.45. The lowest BCUT2D eigenvalue weighted by Crippen LogP contribution is -2.19. The quantitative estimate of drug-likeness (QED) is 0.311. The van der Waals surface area contributed by atoms with Crippen LogP contribution in [-0.2, 0) is 9.59 Å². The van der Waals surface area contributed by atoms with Gasteiger partial charge in [-0.1, -0.05) is 23.3 Å². The summed E-state index contributed by atoms with van der Waals surface area (Å²) < 4.78 is 10.1. The van der Waals surface area contributed by atoms with Crippen LogP contribution in [0.4, 0.5) is 0 Å². The molecule has 0 aliphatic heterocycles. The van der Waals surface area contributed by atoms with E-state index in [1.54, 1.807) is 26.0 Å². The van der Waals surface area contributed by atoms with Crippen molar-refractivity contribution in [2.75, 3.05) is 0 Å². The molecule has 0 spiro atoms. The van der Waals surface area contributed by atoms with Crippen LogP contribution in [0.1, 0.15) is 38.3 Å². The third-order valence-electron chi connectivity index (χ3n) is 3.43. The Morgan fingerprint density at radius 2 is 1.11 bits per heavy atom. The molecule has 140 valence electrons. The Labute approximate surface area is 165 Å². The van der Waals surface area contributed by atoms with Gasteiger partial charge in [0.1, 0.15) is 17.9 Å². The maximum atomic E-state index is 12.0. The van der Waals surface area contributed by atoms with E-state index in [4.69, 9.17) is 32.7 Å². The molecule has 0 unspecified atom stereocenters. The number of carbonyl (C=O) groups is 4. The number of halogens is 2. The molecule has 0 fully saturated rings. The van der Waals surface area contributed by atoms with E-state index in [1.807, 2.05) is 0 Å². The average Bonchev–Trinajstić information content (AvgIpc) is 2.57. The second kappa shape index (κ2) is 8.79. The molecule has 0 aliphatic rings. The Bertz CT molecular complexity index is 860. The second-order valence-electron chi connectivity index (χ2n) is 5.67. The Hall–Kier alpha value is -2.70. The molecule has 0 aliphatic carbocycles. The van der Waals surface area contributed by atoms with Gasteiger partial charge in [0.2, 0.25) is 0 Å². The van der Waals surface area contributed by atoms with Gasteiger partial charge < -0.3 is 9.47 Å². The van der Waals surface area contributed by atoms with Crippen molar-refractivity contribution in [1.82, 2.24) is 0 Å². The fourth-order valence-corrected chi connectivity index (χ4v) is 2.50. The highest BCUT2D eigenvalue weighted by Gasteiger charge is 2.20. The van der Waals surface area contributed by atoms with E-state index < -0.39 is 28.8 Å². The predicted molar refractivity (Wildman–Crippen MR) is 98.6 cm³/mol. The van der Waals surface area contributed by atoms with E-state index in [1.165, 1.54) is 24.3 Å². The standard InChI is InChI=1S/C19H14Cl2O6/c1-10-3-5-14(12(7-10)18(20)24)26-16(22)9-17(23)27-15-6-4-11(2)8-13(15)19(21)25/h3-8H,9H2,1-2H3. The highest BCUT2D eigenvalue weighted by molar-refractivity contribution is 6.68. The zero-order valence-corrected chi connectivity index (χ0v) is 15.9. The van der Waals surface area contributed by atoms with Crippen LogP contribution in [0.5, 0.6) is 11.5 Å². The van der Waals surface area contributed by atoms with Gasteiger partial charge >= 0.3 is 11.9 Å². The largest absolute Gasteiger partial charge is 0.425 e. The molecule has 0 saturated heterocycles. The van der Waals surface area contributed by atoms with E-state index in [0.717, 1.165) is 11.1 Å². The van der Waals surface area contributed by atoms with Crippen LogP contribution >= 0.6 is 23.2 Å². The summed E-state index contributed by atoms with van der Waals surface area (Å²) >= 11 is 10.9. The number of benzene rings is 2. The number of esters is 2. The summed E-state index contributed by atoms with van der Waals surface area (Å²) in [4.78, 5) is 46.8. The summed E-state index contributed by atoms with van der Waals surface area (Å²) in [6, 6.07) is 8.96. The van der Waals surface area contributed by atoms with Crippen molar-refractivity contribution in [2.24, 2.45) is 0 Å². The highest BCUT2D eigenvalue weighted by Crippen LogP contribution is 2.24. The molecule has 0 atom stereocenters. The number of rotatable bonds is 6. The number of hydrogen-bond donors (Lipinski definition) is 0. The van der Waals surface area contributed by atoms with Gasteiger partial charge in [-0.3, -0.25) is 19.2 Å². The molecular weight excluding hydrogens is 395 g/mol. The van der Waals surface area contributed by atoms with Gasteiger partial charge in [-0.15, -0.1) is 0 Å². The van der Waals surface area contributed by atoms with Gasteiger partial charge in [-0.05, 0) is 61.3 Å². The Morgan fingerprint density at radius 1 is 0.741 bits per heavy atom. The maximum Gasteiger partial charge on any atom is 0.322 e. The predicted octanol–water partition coefficient (Wildman–Crippen LogP) is 3.96. The third-order valence-corrected chi connectivity index (χ3v) is 3.84. The normalized spacial score (nSPS) is 10.2. The minimum absolute atomic E-state index is 0.00643. The van der Waals surface area contributed by atoms with Crippen LogP contribution in [0.25, 0.3) is 0 Å². The lowest BCUT2D eigenvalue weighted by Gasteiger charge is -2.10. The van der Waals surface area contributed by atoms with Crippen LogP contribution in [0, 0.1) is 13.8 Å². The molecule has 2 rings (SSSR count). The van der Waals surface area contributed by atoms with E-state index in [2.05, 4.69) is 0 Å². The van der Waals surface area contributed by atoms with Gasteiger partial charge in [0.05, 0.1) is 11.1 Å². The number of ether oxygens (including phenoxy) is 2. The van der Waals surface area contributed by atoms with Crippen molar-refractivity contribution in [3.63, 3.8) is 0 Å². The monoisotopic (exact) mass is 408 g/mol. The molecule has 0 heterocycles. The first-order valence-electron chi connectivity index (χ1n) is 7.69. The zero-order chi connectivity index (χ0) is 20.1. The molecule has 27 heavy (non-hydrogen) atoms. The number of hydrogen-bond acceptors (Lipinski definition) is 6. The van der Waals surface area contributed by atoms with E-state index in [9.17, 15) is 19.2 Å². The summed E-state index contributed by atoms with van der Waals surface area (Å²) in [6.07, 6.45) is -0.742. The van der Waals surface area contributed by atoms with Gasteiger partial charge in [0.25, 0.3) is 10.5 Å². The molecule has 2 aromatic rings. The molecule has 0 N–H and O–H groups in total. The lowest BCUT2D eigenvalue weighted by molar-refractivity contribution is -0.144. The molecule has 0 radical (unpaired) electrons. The van der Waals surface area contributed by atoms with Crippen molar-refractivity contribution in [3.8, 4) is 11.5 Å². The molecule has 8 heteroatoms. The zero-order valence-electron chi connectivity index (χ0n) is 14.4. The van der Waals surface area contributed by atoms with Crippen LogP contribution in [0.15, 0.2) is 36.4 Å². The van der Waals surface area contributed by atoms with Crippen molar-refractivity contribution < 1.29 is 28.7 Å². The SMILES string of the molecule is Cc1ccc(OC(=O)CC(=O)Oc2ccc(C)cc2C(=O)Cl)c(C(=O)Cl)c1. The minimum atomic E-state index is -0.950. The van der Waals surface area contributed by atoms with Crippen molar-refractivity contribution in [2.45, 2.75) is 20.3 Å². The summed E-state index contributed by atoms with van der Waals surface area (Å²) in [5.41, 5.74) is 1.51. The van der Waals surface area contributed by atoms with E-state index in [-0.39, 0.29) is 22.6 Å². The smallest absolute Gasteiger partial charge is 0.322 e. The Balaban J connectivity index is 2.08. The fraction of sp³-hybridized carbons (Fsp3) is 0.158. The van der Waals surface area contributed by atoms with Crippen LogP contribution in [-0.4, -0.2) is 22.4 Å². The van der Waals surface area contributed by atoms with Crippen LogP contribution in [0.2, 0.25) is 0 Å². The second-order valence-corrected chi connectivity index (χ2v) is 6.36. The van der Waals surface area contributed by atoms with Crippen LogP contribution in [0.3, 0.4) is 0 Å². The molecule has 2 aromatic carbocycles. The van der Waals surface area contributed by atoms with Gasteiger partial charge in [0.15, 0.2) is 0 Å². The van der Waals surface area contributed by atoms with Gasteiger partial charge in [0, 0.05) is 0 Å². The topological polar surface area (TPSA) is 86.7 Å². The van der Waals surface area contributed by atoms with Crippen molar-refractivity contribution in [1.29, 1.82) is 0 Å². The van der Waals surface area contributed by atoms with Gasteiger partial charge in [-0.2, -0.15) is 0 Å². The summed E-state index contributed by atoms with van der Waals surface area (Å²) in [5.74, 6) is -2.03. The van der Waals surface area contributed by atoms with E-state index in [0.29, 0.717) is 0 Å². The van der Waals surface area contributed by atoms with Crippen LogP contribution < -0.4 is 9.47 Å². The molecule has 0 amide bonds. The summed E-state index contributed by atoms with van der Waals surface area (Å²) in [6.45, 7) is 3.48. The first kappa shape index (κ1) is 20.6. The first-order chi connectivity index (χ1) is 12.7. The third kappa shape index (κ3) is 5.64. The van der Waals surface area contributed by atoms with Crippen molar-refractivity contribution >= 4 is 45.6 Å². The Kier molecular flexibility index (Phi) is 6.71. The van der Waals surface area contributed by atoms with Gasteiger partial charge in [-0.25, -0.2) is 0 Å². The molecule has 0 aromatic heterocycles.